The molecule has 1 saturated heterocycles. The summed E-state index contributed by atoms with van der Waals surface area (Å²) in [4.78, 5) is 4.99. The fourth-order valence-corrected chi connectivity index (χ4v) is 3.97. The summed E-state index contributed by atoms with van der Waals surface area (Å²) in [5.74, 6) is 0. The zero-order chi connectivity index (χ0) is 17.9. The monoisotopic (exact) mass is 341 g/mol. The molecule has 0 N–H and O–H groups in total. The van der Waals surface area contributed by atoms with E-state index >= 15 is 0 Å². The molecule has 0 radical (unpaired) electrons. The lowest BCUT2D eigenvalue weighted by Crippen LogP contribution is -2.45. The van der Waals surface area contributed by atoms with Crippen LogP contribution in [0.5, 0.6) is 0 Å². The summed E-state index contributed by atoms with van der Waals surface area (Å²) in [6, 6.07) is 19.1. The van der Waals surface area contributed by atoms with Gasteiger partial charge in [-0.3, -0.25) is 0 Å². The Bertz CT molecular complexity index is 909. The molecule has 0 saturated carbocycles. The normalized spacial score (nSPS) is 18.5. The van der Waals surface area contributed by atoms with E-state index in [4.69, 9.17) is 0 Å². The Morgan fingerprint density at radius 3 is 2.27 bits per heavy atom. The van der Waals surface area contributed by atoms with Crippen LogP contribution >= 0.6 is 0 Å². The van der Waals surface area contributed by atoms with Crippen LogP contribution in [0.2, 0.25) is 0 Å². The summed E-state index contributed by atoms with van der Waals surface area (Å²) in [7, 11) is 0. The van der Waals surface area contributed by atoms with E-state index in [-0.39, 0.29) is 0 Å². The molecule has 0 aromatic heterocycles. The second-order valence-electron chi connectivity index (χ2n) is 6.77. The average molecular weight is 341 g/mol. The highest BCUT2D eigenvalue weighted by Gasteiger charge is 2.24. The molecule has 2 aromatic carbocycles. The van der Waals surface area contributed by atoms with Crippen LogP contribution in [0.1, 0.15) is 29.2 Å². The Morgan fingerprint density at radius 1 is 0.923 bits per heavy atom. The van der Waals surface area contributed by atoms with Crippen molar-refractivity contribution in [3.8, 4) is 6.07 Å². The Morgan fingerprint density at radius 2 is 1.58 bits per heavy atom. The molecule has 1 aliphatic carbocycles. The second-order valence-corrected chi connectivity index (χ2v) is 6.77. The Kier molecular flexibility index (Phi) is 4.60. The van der Waals surface area contributed by atoms with Gasteiger partial charge in [0.25, 0.3) is 0 Å². The third-order valence-corrected chi connectivity index (χ3v) is 5.41. The molecule has 3 heteroatoms. The Labute approximate surface area is 155 Å². The van der Waals surface area contributed by atoms with Gasteiger partial charge in [-0.15, -0.1) is 0 Å². The van der Waals surface area contributed by atoms with E-state index in [1.807, 2.05) is 6.07 Å². The summed E-state index contributed by atoms with van der Waals surface area (Å²) in [5.41, 5.74) is 6.95. The van der Waals surface area contributed by atoms with Gasteiger partial charge in [0.2, 0.25) is 0 Å². The van der Waals surface area contributed by atoms with Gasteiger partial charge in [-0.1, -0.05) is 55.5 Å². The number of rotatable bonds is 2. The minimum Gasteiger partial charge on any atom is -0.368 e. The summed E-state index contributed by atoms with van der Waals surface area (Å²) in [6.07, 6.45) is 3.98. The number of fused-ring (bicyclic) bond motifs is 2. The van der Waals surface area contributed by atoms with Crippen LogP contribution in [0.25, 0.3) is 17.3 Å². The second kappa shape index (κ2) is 7.19. The van der Waals surface area contributed by atoms with Crippen LogP contribution in [0.3, 0.4) is 0 Å². The zero-order valence-corrected chi connectivity index (χ0v) is 15.2. The molecule has 4 rings (SSSR count). The van der Waals surface area contributed by atoms with Gasteiger partial charge in [0, 0.05) is 49.1 Å². The van der Waals surface area contributed by atoms with E-state index in [0.717, 1.165) is 49.4 Å². The Hall–Kier alpha value is -2.83. The minimum absolute atomic E-state index is 1.01. The van der Waals surface area contributed by atoms with Gasteiger partial charge in [-0.2, -0.15) is 5.26 Å². The number of hydrogen-bond acceptors (Lipinski definition) is 3. The number of nitrogens with zero attached hydrogens (tertiary/aromatic N) is 3. The molecule has 0 atom stereocenters. The lowest BCUT2D eigenvalue weighted by atomic mass is 9.93. The van der Waals surface area contributed by atoms with Gasteiger partial charge in [0.15, 0.2) is 0 Å². The molecule has 0 spiro atoms. The fraction of sp³-hybridized carbons (Fsp3) is 0.261. The van der Waals surface area contributed by atoms with Crippen LogP contribution < -0.4 is 0 Å². The minimum atomic E-state index is 1.01. The third kappa shape index (κ3) is 2.94. The molecule has 3 nitrogen and oxygen atoms in total. The fourth-order valence-electron chi connectivity index (χ4n) is 3.97. The van der Waals surface area contributed by atoms with Gasteiger partial charge in [0.1, 0.15) is 0 Å². The highest BCUT2D eigenvalue weighted by Crippen LogP contribution is 2.38. The summed E-state index contributed by atoms with van der Waals surface area (Å²) in [5, 5.41) is 9.37. The van der Waals surface area contributed by atoms with Crippen LogP contribution in [0, 0.1) is 11.3 Å². The molecule has 26 heavy (non-hydrogen) atoms. The van der Waals surface area contributed by atoms with Crippen LogP contribution in [-0.2, 0) is 0 Å². The number of likely N-dealkylation sites (N-methyl/N-ethyl adjacent to an activating group) is 1. The van der Waals surface area contributed by atoms with Crippen molar-refractivity contribution in [2.24, 2.45) is 0 Å². The Balaban J connectivity index is 1.87. The van der Waals surface area contributed by atoms with Gasteiger partial charge in [-0.25, -0.2) is 0 Å². The predicted molar refractivity (Wildman–Crippen MR) is 107 cm³/mol. The lowest BCUT2D eigenvalue weighted by Gasteiger charge is -2.37. The van der Waals surface area contributed by atoms with Crippen LogP contribution in [0.4, 0.5) is 0 Å². The van der Waals surface area contributed by atoms with Crippen molar-refractivity contribution in [3.05, 3.63) is 76.9 Å². The maximum absolute atomic E-state index is 9.37. The summed E-state index contributed by atoms with van der Waals surface area (Å²) < 4.78 is 0. The maximum atomic E-state index is 9.37. The first-order chi connectivity index (χ1) is 12.8. The average Bonchev–Trinajstić information content (AvgIpc) is 2.84. The SMILES string of the molecule is CCN1CCN(C2=Cc3ccccc3/C(=C/C#N)c3ccccc32)CC1. The van der Waals surface area contributed by atoms with Gasteiger partial charge in [0.05, 0.1) is 6.07 Å². The third-order valence-electron chi connectivity index (χ3n) is 5.41. The van der Waals surface area contributed by atoms with Crippen molar-refractivity contribution in [1.82, 2.24) is 9.80 Å². The zero-order valence-electron chi connectivity index (χ0n) is 15.2. The molecule has 130 valence electrons. The van der Waals surface area contributed by atoms with Crippen molar-refractivity contribution < 1.29 is 0 Å². The van der Waals surface area contributed by atoms with E-state index < -0.39 is 0 Å². The summed E-state index contributed by atoms with van der Waals surface area (Å²) >= 11 is 0. The van der Waals surface area contributed by atoms with E-state index in [1.165, 1.54) is 16.8 Å². The standard InChI is InChI=1S/C23H23N3/c1-2-25-13-15-26(16-14-25)23-17-18-7-3-4-8-19(18)21(11-12-24)20-9-5-6-10-22(20)23/h3-11,17H,2,13-16H2,1H3/b21-11-. The van der Waals surface area contributed by atoms with Gasteiger partial charge >= 0.3 is 0 Å². The number of nitriles is 1. The van der Waals surface area contributed by atoms with Crippen LogP contribution in [0.15, 0.2) is 54.6 Å². The van der Waals surface area contributed by atoms with E-state index in [0.29, 0.717) is 0 Å². The predicted octanol–water partition coefficient (Wildman–Crippen LogP) is 4.09. The smallest absolute Gasteiger partial charge is 0.0918 e. The van der Waals surface area contributed by atoms with Gasteiger partial charge in [-0.05, 0) is 29.3 Å². The molecular formula is C23H23N3. The quantitative estimate of drug-likeness (QED) is 0.771. The summed E-state index contributed by atoms with van der Waals surface area (Å²) in [6.45, 7) is 7.60. The number of allylic oxidation sites excluding steroid dienone is 1. The molecule has 0 bridgehead atoms. The first-order valence-electron chi connectivity index (χ1n) is 9.29. The first-order valence-corrected chi connectivity index (χ1v) is 9.29. The van der Waals surface area contributed by atoms with Crippen molar-refractivity contribution in [1.29, 1.82) is 5.26 Å². The van der Waals surface area contributed by atoms with Crippen molar-refractivity contribution in [2.45, 2.75) is 6.92 Å². The van der Waals surface area contributed by atoms with Crippen molar-refractivity contribution in [3.63, 3.8) is 0 Å². The molecule has 2 aromatic rings. The van der Waals surface area contributed by atoms with E-state index in [9.17, 15) is 5.26 Å². The molecule has 0 unspecified atom stereocenters. The molecule has 2 aliphatic rings. The largest absolute Gasteiger partial charge is 0.368 e. The van der Waals surface area contributed by atoms with E-state index in [2.05, 4.69) is 71.3 Å². The van der Waals surface area contributed by atoms with Crippen molar-refractivity contribution in [2.75, 3.05) is 32.7 Å². The number of piperazine rings is 1. The van der Waals surface area contributed by atoms with Crippen LogP contribution in [-0.4, -0.2) is 42.5 Å². The van der Waals surface area contributed by atoms with E-state index in [1.54, 1.807) is 6.08 Å². The topological polar surface area (TPSA) is 30.3 Å². The molecule has 0 amide bonds. The molecule has 1 fully saturated rings. The highest BCUT2D eigenvalue weighted by molar-refractivity contribution is 5.98. The highest BCUT2D eigenvalue weighted by atomic mass is 15.3. The first kappa shape index (κ1) is 16.6. The number of hydrogen-bond donors (Lipinski definition) is 0. The molecular weight excluding hydrogens is 318 g/mol. The molecule has 1 heterocycles. The van der Waals surface area contributed by atoms with Gasteiger partial charge < -0.3 is 9.80 Å². The van der Waals surface area contributed by atoms with Crippen molar-refractivity contribution >= 4 is 17.3 Å². The number of benzene rings is 2. The molecule has 1 aliphatic heterocycles. The maximum Gasteiger partial charge on any atom is 0.0918 e. The lowest BCUT2D eigenvalue weighted by molar-refractivity contribution is 0.183.